The van der Waals surface area contributed by atoms with Crippen LogP contribution in [0.2, 0.25) is 0 Å². The molecule has 1 rings (SSSR count). The molecule has 1 aromatic heterocycles. The first-order valence-corrected chi connectivity index (χ1v) is 5.01. The van der Waals surface area contributed by atoms with E-state index in [0.717, 1.165) is 5.69 Å². The van der Waals surface area contributed by atoms with Crippen molar-refractivity contribution in [3.05, 3.63) is 29.1 Å². The predicted molar refractivity (Wildman–Crippen MR) is 57.2 cm³/mol. The number of hydrogen-bond acceptors (Lipinski definition) is 1. The minimum absolute atomic E-state index is 0.174. The van der Waals surface area contributed by atoms with Crippen LogP contribution in [0.3, 0.4) is 0 Å². The van der Waals surface area contributed by atoms with Crippen LogP contribution in [0.5, 0.6) is 0 Å². The van der Waals surface area contributed by atoms with Gasteiger partial charge in [0.2, 0.25) is 0 Å². The first kappa shape index (κ1) is 10.5. The SMILES string of the molecule is Cc1c(C(C)(C)C)ccnc1CCl. The maximum absolute atomic E-state index is 5.79. The lowest BCUT2D eigenvalue weighted by Gasteiger charge is -2.22. The van der Waals surface area contributed by atoms with E-state index in [1.165, 1.54) is 11.1 Å². The molecule has 0 spiro atoms. The van der Waals surface area contributed by atoms with Gasteiger partial charge in [-0.25, -0.2) is 0 Å². The molecule has 0 aromatic carbocycles. The molecule has 0 atom stereocenters. The van der Waals surface area contributed by atoms with Crippen molar-refractivity contribution in [3.8, 4) is 0 Å². The summed E-state index contributed by atoms with van der Waals surface area (Å²) in [5, 5.41) is 0. The largest absolute Gasteiger partial charge is 0.260 e. The summed E-state index contributed by atoms with van der Waals surface area (Å²) in [6.07, 6.45) is 1.84. The summed E-state index contributed by atoms with van der Waals surface area (Å²) in [5.74, 6) is 0.496. The van der Waals surface area contributed by atoms with E-state index in [1.807, 2.05) is 6.20 Å². The smallest absolute Gasteiger partial charge is 0.0650 e. The Hall–Kier alpha value is -0.560. The minimum Gasteiger partial charge on any atom is -0.260 e. The summed E-state index contributed by atoms with van der Waals surface area (Å²) in [4.78, 5) is 4.24. The van der Waals surface area contributed by atoms with Gasteiger partial charge in [-0.15, -0.1) is 11.6 Å². The molecular weight excluding hydrogens is 182 g/mol. The highest BCUT2D eigenvalue weighted by atomic mass is 35.5. The Balaban J connectivity index is 3.24. The van der Waals surface area contributed by atoms with Gasteiger partial charge in [0.15, 0.2) is 0 Å². The molecule has 13 heavy (non-hydrogen) atoms. The fourth-order valence-corrected chi connectivity index (χ4v) is 1.80. The van der Waals surface area contributed by atoms with Crippen LogP contribution in [0.25, 0.3) is 0 Å². The lowest BCUT2D eigenvalue weighted by molar-refractivity contribution is 0.583. The third-order valence-corrected chi connectivity index (χ3v) is 2.50. The molecule has 72 valence electrons. The molecule has 0 N–H and O–H groups in total. The average molecular weight is 198 g/mol. The van der Waals surface area contributed by atoms with Crippen LogP contribution >= 0.6 is 11.6 Å². The number of rotatable bonds is 1. The van der Waals surface area contributed by atoms with Gasteiger partial charge in [-0.2, -0.15) is 0 Å². The number of pyridine rings is 1. The molecule has 1 nitrogen and oxygen atoms in total. The predicted octanol–water partition coefficient (Wildman–Crippen LogP) is 3.43. The third-order valence-electron chi connectivity index (χ3n) is 2.24. The molecule has 1 aromatic rings. The van der Waals surface area contributed by atoms with Crippen molar-refractivity contribution < 1.29 is 0 Å². The van der Waals surface area contributed by atoms with Crippen LogP contribution in [-0.2, 0) is 11.3 Å². The molecule has 0 aliphatic heterocycles. The molecule has 0 fully saturated rings. The second-order valence-corrected chi connectivity index (χ2v) is 4.58. The van der Waals surface area contributed by atoms with Crippen molar-refractivity contribution in [3.63, 3.8) is 0 Å². The number of alkyl halides is 1. The van der Waals surface area contributed by atoms with Crippen molar-refractivity contribution in [1.82, 2.24) is 4.98 Å². The Morgan fingerprint density at radius 1 is 1.38 bits per heavy atom. The van der Waals surface area contributed by atoms with E-state index in [2.05, 4.69) is 38.7 Å². The van der Waals surface area contributed by atoms with E-state index in [9.17, 15) is 0 Å². The summed E-state index contributed by atoms with van der Waals surface area (Å²) in [6.45, 7) is 8.69. The van der Waals surface area contributed by atoms with Gasteiger partial charge in [-0.1, -0.05) is 20.8 Å². The normalized spacial score (nSPS) is 11.8. The summed E-state index contributed by atoms with van der Waals surface area (Å²) in [7, 11) is 0. The van der Waals surface area contributed by atoms with Crippen LogP contribution in [0.1, 0.15) is 37.6 Å². The van der Waals surface area contributed by atoms with Crippen molar-refractivity contribution in [2.75, 3.05) is 0 Å². The Morgan fingerprint density at radius 2 is 2.00 bits per heavy atom. The van der Waals surface area contributed by atoms with Gasteiger partial charge in [-0.05, 0) is 29.5 Å². The van der Waals surface area contributed by atoms with E-state index in [0.29, 0.717) is 5.88 Å². The van der Waals surface area contributed by atoms with Crippen molar-refractivity contribution >= 4 is 11.6 Å². The van der Waals surface area contributed by atoms with Crippen LogP contribution in [0.4, 0.5) is 0 Å². The number of hydrogen-bond donors (Lipinski definition) is 0. The van der Waals surface area contributed by atoms with Crippen LogP contribution < -0.4 is 0 Å². The zero-order valence-corrected chi connectivity index (χ0v) is 9.44. The fraction of sp³-hybridized carbons (Fsp3) is 0.545. The molecule has 0 aliphatic carbocycles. The number of aromatic nitrogens is 1. The van der Waals surface area contributed by atoms with Gasteiger partial charge < -0.3 is 0 Å². The van der Waals surface area contributed by atoms with Gasteiger partial charge in [0, 0.05) is 6.20 Å². The Bertz CT molecular complexity index is 299. The maximum atomic E-state index is 5.79. The second kappa shape index (κ2) is 3.67. The molecule has 0 radical (unpaired) electrons. The molecule has 0 amide bonds. The Morgan fingerprint density at radius 3 is 2.46 bits per heavy atom. The molecule has 0 bridgehead atoms. The molecule has 0 saturated carbocycles. The summed E-state index contributed by atoms with van der Waals surface area (Å²) >= 11 is 5.79. The summed E-state index contributed by atoms with van der Waals surface area (Å²) < 4.78 is 0. The van der Waals surface area contributed by atoms with E-state index in [4.69, 9.17) is 11.6 Å². The summed E-state index contributed by atoms with van der Waals surface area (Å²) in [5.41, 5.74) is 3.73. The molecule has 2 heteroatoms. The Kier molecular flexibility index (Phi) is 2.97. The second-order valence-electron chi connectivity index (χ2n) is 4.31. The van der Waals surface area contributed by atoms with Crippen molar-refractivity contribution in [2.24, 2.45) is 0 Å². The fourth-order valence-electron chi connectivity index (χ4n) is 1.53. The molecule has 0 aliphatic rings. The van der Waals surface area contributed by atoms with Crippen LogP contribution in [0, 0.1) is 6.92 Å². The quantitative estimate of drug-likeness (QED) is 0.629. The number of halogens is 1. The number of nitrogens with zero attached hydrogens (tertiary/aromatic N) is 1. The first-order valence-electron chi connectivity index (χ1n) is 4.47. The highest BCUT2D eigenvalue weighted by Gasteiger charge is 2.17. The lowest BCUT2D eigenvalue weighted by Crippen LogP contribution is -2.14. The van der Waals surface area contributed by atoms with Crippen LogP contribution in [-0.4, -0.2) is 4.98 Å². The lowest BCUT2D eigenvalue weighted by atomic mass is 9.84. The average Bonchev–Trinajstić information content (AvgIpc) is 2.02. The van der Waals surface area contributed by atoms with Gasteiger partial charge in [0.25, 0.3) is 0 Å². The Labute approximate surface area is 85.1 Å². The van der Waals surface area contributed by atoms with E-state index in [1.54, 1.807) is 0 Å². The van der Waals surface area contributed by atoms with E-state index in [-0.39, 0.29) is 5.41 Å². The highest BCUT2D eigenvalue weighted by Crippen LogP contribution is 2.26. The van der Waals surface area contributed by atoms with E-state index >= 15 is 0 Å². The van der Waals surface area contributed by atoms with E-state index < -0.39 is 0 Å². The van der Waals surface area contributed by atoms with Gasteiger partial charge in [-0.3, -0.25) is 4.98 Å². The van der Waals surface area contributed by atoms with Crippen molar-refractivity contribution in [1.29, 1.82) is 0 Å². The highest BCUT2D eigenvalue weighted by molar-refractivity contribution is 6.17. The zero-order chi connectivity index (χ0) is 10.1. The van der Waals surface area contributed by atoms with Gasteiger partial charge in [0.05, 0.1) is 11.6 Å². The zero-order valence-electron chi connectivity index (χ0n) is 8.69. The standard InChI is InChI=1S/C11H16ClN/c1-8-9(11(2,3)4)5-6-13-10(8)7-12/h5-6H,7H2,1-4H3. The monoisotopic (exact) mass is 197 g/mol. The minimum atomic E-state index is 0.174. The van der Waals surface area contributed by atoms with Crippen LogP contribution in [0.15, 0.2) is 12.3 Å². The molecular formula is C11H16ClN. The van der Waals surface area contributed by atoms with Gasteiger partial charge >= 0.3 is 0 Å². The van der Waals surface area contributed by atoms with Gasteiger partial charge in [0.1, 0.15) is 0 Å². The molecule has 1 heterocycles. The first-order chi connectivity index (χ1) is 5.96. The summed E-state index contributed by atoms with van der Waals surface area (Å²) in [6, 6.07) is 2.07. The molecule has 0 saturated heterocycles. The van der Waals surface area contributed by atoms with Crippen molar-refractivity contribution in [2.45, 2.75) is 39.0 Å². The molecule has 0 unspecified atom stereocenters. The third kappa shape index (κ3) is 2.22. The topological polar surface area (TPSA) is 12.9 Å². The maximum Gasteiger partial charge on any atom is 0.0650 e.